The Morgan fingerprint density at radius 1 is 1.00 bits per heavy atom. The van der Waals surface area contributed by atoms with Crippen molar-refractivity contribution >= 4 is 35.8 Å². The summed E-state index contributed by atoms with van der Waals surface area (Å²) >= 11 is 0. The summed E-state index contributed by atoms with van der Waals surface area (Å²) in [6.07, 6.45) is 0. The molecule has 0 heterocycles. The normalized spacial score (nSPS) is 10.6. The molecule has 1 amide bonds. The van der Waals surface area contributed by atoms with Gasteiger partial charge < -0.3 is 25.4 Å². The van der Waals surface area contributed by atoms with Crippen LogP contribution in [0.2, 0.25) is 0 Å². The van der Waals surface area contributed by atoms with Crippen LogP contribution >= 0.6 is 24.0 Å². The van der Waals surface area contributed by atoms with Gasteiger partial charge in [-0.3, -0.25) is 4.79 Å². The number of carbonyl (C=O) groups excluding carboxylic acids is 1. The summed E-state index contributed by atoms with van der Waals surface area (Å²) in [4.78, 5) is 16.7. The van der Waals surface area contributed by atoms with Crippen molar-refractivity contribution in [2.24, 2.45) is 4.99 Å². The Bertz CT molecular complexity index is 797. The molecule has 0 aromatic heterocycles. The molecule has 0 radical (unpaired) electrons. The predicted molar refractivity (Wildman–Crippen MR) is 131 cm³/mol. The Balaban J connectivity index is 0.00000450. The molecule has 8 heteroatoms. The maximum absolute atomic E-state index is 12.2. The number of guanidine groups is 1. The molecular formula is C22H31IN4O3. The number of amides is 1. The van der Waals surface area contributed by atoms with Crippen LogP contribution in [-0.4, -0.2) is 38.7 Å². The second-order valence-electron chi connectivity index (χ2n) is 6.21. The van der Waals surface area contributed by atoms with E-state index < -0.39 is 0 Å². The SMILES string of the molecule is CCNC(=NCc1ccccc1OCC)NCC(=O)NCc1ccc(OC)cc1.I. The Labute approximate surface area is 195 Å². The van der Waals surface area contributed by atoms with Gasteiger partial charge in [-0.2, -0.15) is 0 Å². The monoisotopic (exact) mass is 526 g/mol. The lowest BCUT2D eigenvalue weighted by Crippen LogP contribution is -2.43. The molecule has 0 saturated carbocycles. The number of nitrogens with one attached hydrogen (secondary N) is 3. The van der Waals surface area contributed by atoms with Crippen molar-refractivity contribution in [1.82, 2.24) is 16.0 Å². The summed E-state index contributed by atoms with van der Waals surface area (Å²) in [6.45, 7) is 6.29. The molecule has 2 aromatic rings. The van der Waals surface area contributed by atoms with Crippen LogP contribution in [0.1, 0.15) is 25.0 Å². The standard InChI is InChI=1S/C22H30N4O3.HI/c1-4-23-22(25-15-18-8-6-7-9-20(18)29-5-2)26-16-21(27)24-14-17-10-12-19(28-3)13-11-17;/h6-13H,4-5,14-16H2,1-3H3,(H,24,27)(H2,23,25,26);1H. The number of benzene rings is 2. The van der Waals surface area contributed by atoms with Crippen LogP contribution in [0, 0.1) is 0 Å². The van der Waals surface area contributed by atoms with Gasteiger partial charge in [0.2, 0.25) is 5.91 Å². The number of carbonyl (C=O) groups is 1. The Hall–Kier alpha value is -2.49. The van der Waals surface area contributed by atoms with Gasteiger partial charge in [0.05, 0.1) is 26.8 Å². The van der Waals surface area contributed by atoms with Crippen molar-refractivity contribution in [3.63, 3.8) is 0 Å². The zero-order valence-electron chi connectivity index (χ0n) is 17.7. The van der Waals surface area contributed by atoms with E-state index in [1.165, 1.54) is 0 Å². The molecule has 3 N–H and O–H groups in total. The number of ether oxygens (including phenoxy) is 2. The van der Waals surface area contributed by atoms with Crippen LogP contribution in [0.25, 0.3) is 0 Å². The van der Waals surface area contributed by atoms with Crippen molar-refractivity contribution in [2.75, 3.05) is 26.8 Å². The molecular weight excluding hydrogens is 495 g/mol. The van der Waals surface area contributed by atoms with Crippen molar-refractivity contribution in [3.8, 4) is 11.5 Å². The van der Waals surface area contributed by atoms with Crippen LogP contribution in [0.15, 0.2) is 53.5 Å². The molecule has 0 aliphatic rings. The van der Waals surface area contributed by atoms with Crippen LogP contribution < -0.4 is 25.4 Å². The third-order valence-corrected chi connectivity index (χ3v) is 4.09. The van der Waals surface area contributed by atoms with Gasteiger partial charge in [0, 0.05) is 18.7 Å². The maximum Gasteiger partial charge on any atom is 0.239 e. The van der Waals surface area contributed by atoms with E-state index in [9.17, 15) is 4.79 Å². The number of hydrogen-bond acceptors (Lipinski definition) is 4. The molecule has 0 fully saturated rings. The first-order valence-electron chi connectivity index (χ1n) is 9.78. The minimum atomic E-state index is -0.110. The summed E-state index contributed by atoms with van der Waals surface area (Å²) in [5, 5.41) is 9.10. The highest BCUT2D eigenvalue weighted by atomic mass is 127. The zero-order chi connectivity index (χ0) is 20.9. The Morgan fingerprint density at radius 3 is 2.40 bits per heavy atom. The Kier molecular flexibility index (Phi) is 12.3. The molecule has 0 unspecified atom stereocenters. The van der Waals surface area contributed by atoms with Crippen LogP contribution in [0.3, 0.4) is 0 Å². The first kappa shape index (κ1) is 25.5. The minimum absolute atomic E-state index is 0. The maximum atomic E-state index is 12.2. The topological polar surface area (TPSA) is 84.0 Å². The molecule has 0 atom stereocenters. The fraction of sp³-hybridized carbons (Fsp3) is 0.364. The molecule has 164 valence electrons. The lowest BCUT2D eigenvalue weighted by Gasteiger charge is -2.13. The van der Waals surface area contributed by atoms with Crippen molar-refractivity contribution in [3.05, 3.63) is 59.7 Å². The van der Waals surface area contributed by atoms with E-state index in [0.29, 0.717) is 32.2 Å². The molecule has 0 aliphatic heterocycles. The number of aliphatic imine (C=N–C) groups is 1. The van der Waals surface area contributed by atoms with Gasteiger partial charge in [-0.25, -0.2) is 4.99 Å². The molecule has 0 bridgehead atoms. The van der Waals surface area contributed by atoms with Crippen LogP contribution in [-0.2, 0) is 17.9 Å². The fourth-order valence-corrected chi connectivity index (χ4v) is 2.61. The lowest BCUT2D eigenvalue weighted by atomic mass is 10.2. The highest BCUT2D eigenvalue weighted by Crippen LogP contribution is 2.18. The second kappa shape index (κ2) is 14.5. The summed E-state index contributed by atoms with van der Waals surface area (Å²) in [5.74, 6) is 2.09. The van der Waals surface area contributed by atoms with Gasteiger partial charge in [-0.1, -0.05) is 30.3 Å². The van der Waals surface area contributed by atoms with Crippen molar-refractivity contribution < 1.29 is 14.3 Å². The number of hydrogen-bond donors (Lipinski definition) is 3. The third-order valence-electron chi connectivity index (χ3n) is 4.09. The van der Waals surface area contributed by atoms with Gasteiger partial charge in [0.1, 0.15) is 11.5 Å². The highest BCUT2D eigenvalue weighted by Gasteiger charge is 2.06. The van der Waals surface area contributed by atoms with Gasteiger partial charge >= 0.3 is 0 Å². The van der Waals surface area contributed by atoms with Gasteiger partial charge in [-0.15, -0.1) is 24.0 Å². The zero-order valence-corrected chi connectivity index (χ0v) is 20.1. The van der Waals surface area contributed by atoms with Crippen molar-refractivity contribution in [2.45, 2.75) is 26.9 Å². The predicted octanol–water partition coefficient (Wildman–Crippen LogP) is 3.08. The highest BCUT2D eigenvalue weighted by molar-refractivity contribution is 14.0. The van der Waals surface area contributed by atoms with Gasteiger partial charge in [-0.05, 0) is 37.6 Å². The number of para-hydroxylation sites is 1. The van der Waals surface area contributed by atoms with Gasteiger partial charge in [0.25, 0.3) is 0 Å². The van der Waals surface area contributed by atoms with E-state index >= 15 is 0 Å². The van der Waals surface area contributed by atoms with E-state index in [1.54, 1.807) is 7.11 Å². The fourth-order valence-electron chi connectivity index (χ4n) is 2.61. The largest absolute Gasteiger partial charge is 0.497 e. The number of methoxy groups -OCH3 is 1. The first-order valence-corrected chi connectivity index (χ1v) is 9.78. The number of rotatable bonds is 10. The van der Waals surface area contributed by atoms with Crippen LogP contribution in [0.5, 0.6) is 11.5 Å². The molecule has 0 spiro atoms. The van der Waals surface area contributed by atoms with E-state index in [2.05, 4.69) is 20.9 Å². The first-order chi connectivity index (χ1) is 14.2. The third kappa shape index (κ3) is 8.89. The van der Waals surface area contributed by atoms with E-state index in [-0.39, 0.29) is 36.4 Å². The smallest absolute Gasteiger partial charge is 0.239 e. The van der Waals surface area contributed by atoms with Crippen molar-refractivity contribution in [1.29, 1.82) is 0 Å². The average Bonchev–Trinajstić information content (AvgIpc) is 2.75. The van der Waals surface area contributed by atoms with E-state index in [0.717, 1.165) is 22.6 Å². The number of halogens is 1. The lowest BCUT2D eigenvalue weighted by molar-refractivity contribution is -0.120. The Morgan fingerprint density at radius 2 is 1.73 bits per heavy atom. The number of nitrogens with zero attached hydrogens (tertiary/aromatic N) is 1. The summed E-state index contributed by atoms with van der Waals surface area (Å²) in [6, 6.07) is 15.4. The van der Waals surface area contributed by atoms with E-state index in [4.69, 9.17) is 9.47 Å². The molecule has 30 heavy (non-hydrogen) atoms. The molecule has 0 saturated heterocycles. The minimum Gasteiger partial charge on any atom is -0.497 e. The van der Waals surface area contributed by atoms with Crippen LogP contribution in [0.4, 0.5) is 0 Å². The summed E-state index contributed by atoms with van der Waals surface area (Å²) < 4.78 is 10.8. The summed E-state index contributed by atoms with van der Waals surface area (Å²) in [5.41, 5.74) is 2.00. The average molecular weight is 526 g/mol. The molecule has 2 rings (SSSR count). The summed E-state index contributed by atoms with van der Waals surface area (Å²) in [7, 11) is 1.63. The molecule has 0 aliphatic carbocycles. The molecule has 7 nitrogen and oxygen atoms in total. The van der Waals surface area contributed by atoms with E-state index in [1.807, 2.05) is 62.4 Å². The second-order valence-corrected chi connectivity index (χ2v) is 6.21. The van der Waals surface area contributed by atoms with Gasteiger partial charge in [0.15, 0.2) is 5.96 Å². The quantitative estimate of drug-likeness (QED) is 0.252. The molecule has 2 aromatic carbocycles.